The van der Waals surface area contributed by atoms with Crippen LogP contribution in [0.4, 0.5) is 19.0 Å². The van der Waals surface area contributed by atoms with Crippen molar-refractivity contribution >= 4 is 23.4 Å². The van der Waals surface area contributed by atoms with Gasteiger partial charge in [0.05, 0.1) is 12.7 Å². The van der Waals surface area contributed by atoms with E-state index in [0.717, 1.165) is 24.5 Å². The fourth-order valence-corrected chi connectivity index (χ4v) is 3.36. The molecule has 1 aromatic heterocycles. The Labute approximate surface area is 183 Å². The number of aromatic nitrogens is 2. The molecule has 1 heterocycles. The Hall–Kier alpha value is -2.61. The summed E-state index contributed by atoms with van der Waals surface area (Å²) in [6.07, 6.45) is -0.868. The molecule has 1 saturated carbocycles. The lowest BCUT2D eigenvalue weighted by Gasteiger charge is -2.26. The maximum atomic E-state index is 13.5. The smallest absolute Gasteiger partial charge is 0.416 e. The van der Waals surface area contributed by atoms with E-state index in [1.165, 1.54) is 19.2 Å². The Morgan fingerprint density at radius 2 is 1.94 bits per heavy atom. The number of rotatable bonds is 7. The number of esters is 1. The Balaban J connectivity index is 2.11. The number of carbonyl (C=O) groups excluding carboxylic acids is 1. The molecule has 9 heteroatoms. The zero-order valence-electron chi connectivity index (χ0n) is 17.5. The van der Waals surface area contributed by atoms with Crippen LogP contribution < -0.4 is 4.90 Å². The van der Waals surface area contributed by atoms with Crippen molar-refractivity contribution in [1.29, 1.82) is 0 Å². The largest absolute Gasteiger partial charge is 0.464 e. The number of carbonyl (C=O) groups is 1. The number of nitrogens with zero attached hydrogens (tertiary/aromatic N) is 3. The molecule has 1 aliphatic carbocycles. The third kappa shape index (κ3) is 5.55. The molecule has 0 amide bonds. The van der Waals surface area contributed by atoms with Crippen LogP contribution in [0.3, 0.4) is 0 Å². The van der Waals surface area contributed by atoms with E-state index in [4.69, 9.17) is 16.3 Å². The van der Waals surface area contributed by atoms with Crippen LogP contribution in [0.1, 0.15) is 60.0 Å². The quantitative estimate of drug-likeness (QED) is 0.392. The minimum atomic E-state index is -4.50. The second-order valence-corrected chi connectivity index (χ2v) is 8.03. The number of allylic oxidation sites excluding steroid dienone is 1. The lowest BCUT2D eigenvalue weighted by Crippen LogP contribution is -2.27. The van der Waals surface area contributed by atoms with Crippen molar-refractivity contribution in [3.05, 3.63) is 63.6 Å². The number of alkyl halides is 3. The summed E-state index contributed by atoms with van der Waals surface area (Å²) < 4.78 is 45.4. The van der Waals surface area contributed by atoms with E-state index in [1.807, 2.05) is 19.9 Å². The summed E-state index contributed by atoms with van der Waals surface area (Å²) in [7, 11) is 1.22. The summed E-state index contributed by atoms with van der Waals surface area (Å²) in [5.41, 5.74) is 0.259. The zero-order chi connectivity index (χ0) is 22.8. The average Bonchev–Trinajstić information content (AvgIpc) is 3.55. The van der Waals surface area contributed by atoms with E-state index in [9.17, 15) is 18.0 Å². The van der Waals surface area contributed by atoms with Crippen molar-refractivity contribution in [1.82, 2.24) is 9.97 Å². The Morgan fingerprint density at radius 3 is 2.52 bits per heavy atom. The highest BCUT2D eigenvalue weighted by Crippen LogP contribution is 2.41. The van der Waals surface area contributed by atoms with E-state index >= 15 is 0 Å². The van der Waals surface area contributed by atoms with Crippen molar-refractivity contribution in [2.45, 2.75) is 45.3 Å². The van der Waals surface area contributed by atoms with Gasteiger partial charge < -0.3 is 9.64 Å². The first-order valence-electron chi connectivity index (χ1n) is 9.81. The molecule has 0 saturated heterocycles. The van der Waals surface area contributed by atoms with Gasteiger partial charge in [-0.1, -0.05) is 41.4 Å². The first-order chi connectivity index (χ1) is 14.6. The van der Waals surface area contributed by atoms with Crippen LogP contribution >= 0.6 is 11.6 Å². The third-order valence-electron chi connectivity index (χ3n) is 4.88. The first kappa shape index (κ1) is 23.1. The first-order valence-corrected chi connectivity index (χ1v) is 10.2. The normalized spacial score (nSPS) is 13.6. The summed E-state index contributed by atoms with van der Waals surface area (Å²) in [5, 5.41) is -0.0390. The molecule has 0 N–H and O–H groups in total. The van der Waals surface area contributed by atoms with Crippen LogP contribution in [0, 0.1) is 0 Å². The van der Waals surface area contributed by atoms with Crippen LogP contribution in [0.25, 0.3) is 0 Å². The molecular formula is C22H23ClF3N3O2. The van der Waals surface area contributed by atoms with Gasteiger partial charge in [0.2, 0.25) is 0 Å². The van der Waals surface area contributed by atoms with Gasteiger partial charge in [-0.3, -0.25) is 0 Å². The van der Waals surface area contributed by atoms with Crippen LogP contribution in [-0.4, -0.2) is 29.6 Å². The molecule has 0 radical (unpaired) electrons. The number of halogens is 4. The third-order valence-corrected chi connectivity index (χ3v) is 5.22. The maximum Gasteiger partial charge on any atom is 0.416 e. The molecule has 1 aromatic carbocycles. The molecule has 0 unspecified atom stereocenters. The van der Waals surface area contributed by atoms with Gasteiger partial charge in [-0.15, -0.1) is 0 Å². The van der Waals surface area contributed by atoms with Gasteiger partial charge in [-0.2, -0.15) is 13.2 Å². The van der Waals surface area contributed by atoms with Gasteiger partial charge in [0, 0.05) is 19.0 Å². The molecule has 5 nitrogen and oxygen atoms in total. The van der Waals surface area contributed by atoms with E-state index in [2.05, 4.69) is 9.97 Å². The number of ether oxygens (including phenoxy) is 1. The minimum absolute atomic E-state index is 0.0390. The van der Waals surface area contributed by atoms with Crippen molar-refractivity contribution in [3.8, 4) is 0 Å². The molecule has 0 bridgehead atoms. The highest BCUT2D eigenvalue weighted by atomic mass is 35.5. The number of benzene rings is 1. The molecule has 31 heavy (non-hydrogen) atoms. The van der Waals surface area contributed by atoms with Gasteiger partial charge in [0.15, 0.2) is 11.5 Å². The molecule has 0 atom stereocenters. The summed E-state index contributed by atoms with van der Waals surface area (Å²) >= 11 is 6.48. The van der Waals surface area contributed by atoms with Crippen LogP contribution in [-0.2, 0) is 17.5 Å². The van der Waals surface area contributed by atoms with Gasteiger partial charge in [0.25, 0.3) is 0 Å². The van der Waals surface area contributed by atoms with Crippen LogP contribution in [0.2, 0.25) is 5.02 Å². The number of methoxy groups -OCH3 is 1. The maximum absolute atomic E-state index is 13.5. The minimum Gasteiger partial charge on any atom is -0.464 e. The second-order valence-electron chi connectivity index (χ2n) is 7.65. The lowest BCUT2D eigenvalue weighted by atomic mass is 10.1. The summed E-state index contributed by atoms with van der Waals surface area (Å²) in [6.45, 7) is 3.94. The molecular weight excluding hydrogens is 431 g/mol. The van der Waals surface area contributed by atoms with Gasteiger partial charge in [-0.25, -0.2) is 14.8 Å². The van der Waals surface area contributed by atoms with E-state index in [0.29, 0.717) is 5.82 Å². The monoisotopic (exact) mass is 453 g/mol. The van der Waals surface area contributed by atoms with E-state index in [1.54, 1.807) is 11.0 Å². The highest BCUT2D eigenvalue weighted by molar-refractivity contribution is 6.35. The average molecular weight is 454 g/mol. The summed E-state index contributed by atoms with van der Waals surface area (Å²) in [4.78, 5) is 22.7. The fourth-order valence-electron chi connectivity index (χ4n) is 3.08. The van der Waals surface area contributed by atoms with Crippen molar-refractivity contribution in [2.24, 2.45) is 0 Å². The fraction of sp³-hybridized carbons (Fsp3) is 0.409. The van der Waals surface area contributed by atoms with E-state index in [-0.39, 0.29) is 41.1 Å². The highest BCUT2D eigenvalue weighted by Gasteiger charge is 2.34. The SMILES string of the molecule is COC(=O)c1nc(C2CC2)nc(N(CC=C(C)C)Cc2ccccc2C(F)(F)F)c1Cl. The second kappa shape index (κ2) is 9.26. The number of hydrogen-bond acceptors (Lipinski definition) is 5. The lowest BCUT2D eigenvalue weighted by molar-refractivity contribution is -0.138. The van der Waals surface area contributed by atoms with Gasteiger partial charge >= 0.3 is 12.1 Å². The van der Waals surface area contributed by atoms with Crippen molar-refractivity contribution < 1.29 is 22.7 Å². The molecule has 1 fully saturated rings. The van der Waals surface area contributed by atoms with Crippen LogP contribution in [0.5, 0.6) is 0 Å². The Bertz CT molecular complexity index is 1000. The zero-order valence-corrected chi connectivity index (χ0v) is 18.2. The summed E-state index contributed by atoms with van der Waals surface area (Å²) in [6, 6.07) is 5.38. The number of anilines is 1. The Kier molecular flexibility index (Phi) is 6.89. The standard InChI is InChI=1S/C22H23ClF3N3O2/c1-13(2)10-11-29(12-15-6-4-5-7-16(15)22(24,25)26)20-17(23)18(21(30)31-3)27-19(28-20)14-8-9-14/h4-7,10,14H,8-9,11-12H2,1-3H3. The topological polar surface area (TPSA) is 55.3 Å². The molecule has 3 rings (SSSR count). The van der Waals surface area contributed by atoms with Gasteiger partial charge in [-0.05, 0) is 38.3 Å². The molecule has 0 spiro atoms. The Morgan fingerprint density at radius 1 is 1.26 bits per heavy atom. The van der Waals surface area contributed by atoms with Gasteiger partial charge in [0.1, 0.15) is 10.8 Å². The van der Waals surface area contributed by atoms with Crippen molar-refractivity contribution in [2.75, 3.05) is 18.6 Å². The summed E-state index contributed by atoms with van der Waals surface area (Å²) in [5.74, 6) is 0.0557. The predicted molar refractivity (Wildman–Crippen MR) is 112 cm³/mol. The molecule has 2 aromatic rings. The molecule has 166 valence electrons. The van der Waals surface area contributed by atoms with Crippen molar-refractivity contribution in [3.63, 3.8) is 0 Å². The predicted octanol–water partition coefficient (Wildman–Crippen LogP) is 5.79. The van der Waals surface area contributed by atoms with Crippen LogP contribution in [0.15, 0.2) is 35.9 Å². The van der Waals surface area contributed by atoms with E-state index < -0.39 is 17.7 Å². The molecule has 1 aliphatic rings. The molecule has 0 aliphatic heterocycles. The number of hydrogen-bond donors (Lipinski definition) is 0.